The molecule has 1 aromatic carbocycles. The monoisotopic (exact) mass is 595 g/mol. The third-order valence-electron chi connectivity index (χ3n) is 8.81. The van der Waals surface area contributed by atoms with Gasteiger partial charge in [0.1, 0.15) is 28.4 Å². The number of likely N-dealkylation sites (N-methyl/N-ethyl adjacent to an activating group) is 1. The minimum absolute atomic E-state index is 0.00628. The van der Waals surface area contributed by atoms with Crippen LogP contribution in [0.5, 0.6) is 5.75 Å². The summed E-state index contributed by atoms with van der Waals surface area (Å²) in [4.78, 5) is 55.2. The van der Waals surface area contributed by atoms with Crippen LogP contribution >= 0.6 is 0 Å². The summed E-state index contributed by atoms with van der Waals surface area (Å²) in [6, 6.07) is 2.03. The molecule has 12 heteroatoms. The van der Waals surface area contributed by atoms with Crippen LogP contribution in [0.1, 0.15) is 55.1 Å². The number of phenolic OH excluding ortho intramolecular Hbond substituents is 1. The van der Waals surface area contributed by atoms with E-state index in [1.54, 1.807) is 45.8 Å². The number of fused-ring (bicyclic) bond motifs is 3. The van der Waals surface area contributed by atoms with Gasteiger partial charge in [-0.2, -0.15) is 0 Å². The van der Waals surface area contributed by atoms with E-state index >= 15 is 0 Å². The van der Waals surface area contributed by atoms with E-state index in [4.69, 9.17) is 10.5 Å². The van der Waals surface area contributed by atoms with Crippen molar-refractivity contribution in [2.45, 2.75) is 57.3 Å². The fourth-order valence-corrected chi connectivity index (χ4v) is 6.96. The standard InChI is InChI=1S/C31H37N3O9/c1-30(2,3)43-29(41)34-10-8-14(9-11-34)16-6-7-19(35)21-17(16)12-15-13-18-23(33(4)5)25(37)22(28(32)40)27(39)31(18,42)26(38)20(15)24(21)36/h6-8,15,18,23,35,37-38,42H,9-13H2,1-5H3,(H2,32,40)/t15-,18-,23-,31-/m0/s1. The second-order valence-corrected chi connectivity index (χ2v) is 12.9. The van der Waals surface area contributed by atoms with E-state index in [-0.39, 0.29) is 29.7 Å². The Bertz CT molecular complexity index is 1550. The smallest absolute Gasteiger partial charge is 0.410 e. The fraction of sp³-hybridized carbons (Fsp3) is 0.484. The Morgan fingerprint density at radius 1 is 1.14 bits per heavy atom. The van der Waals surface area contributed by atoms with Crippen molar-refractivity contribution in [2.24, 2.45) is 17.6 Å². The van der Waals surface area contributed by atoms with Crippen molar-refractivity contribution in [3.05, 3.63) is 57.6 Å². The number of allylic oxidation sites excluding steroid dienone is 1. The highest BCUT2D eigenvalue weighted by Gasteiger charge is 2.63. The number of hydrogen-bond acceptors (Lipinski definition) is 10. The van der Waals surface area contributed by atoms with Crippen molar-refractivity contribution >= 4 is 29.1 Å². The average Bonchev–Trinajstić information content (AvgIpc) is 2.89. The number of nitrogens with zero attached hydrogens (tertiary/aromatic N) is 2. The van der Waals surface area contributed by atoms with Gasteiger partial charge in [-0.05, 0) is 82.8 Å². The molecule has 3 aliphatic carbocycles. The van der Waals surface area contributed by atoms with E-state index < -0.39 is 69.7 Å². The number of hydrogen-bond donors (Lipinski definition) is 5. The maximum Gasteiger partial charge on any atom is 0.410 e. The third kappa shape index (κ3) is 4.69. The molecule has 1 heterocycles. The summed E-state index contributed by atoms with van der Waals surface area (Å²) in [6.07, 6.45) is 2.11. The highest BCUT2D eigenvalue weighted by Crippen LogP contribution is 2.53. The van der Waals surface area contributed by atoms with Crippen LogP contribution in [0.4, 0.5) is 4.79 Å². The van der Waals surface area contributed by atoms with Gasteiger partial charge in [-0.3, -0.25) is 19.3 Å². The molecule has 5 rings (SSSR count). The van der Waals surface area contributed by atoms with E-state index in [9.17, 15) is 39.6 Å². The summed E-state index contributed by atoms with van der Waals surface area (Å²) in [6.45, 7) is 6.05. The van der Waals surface area contributed by atoms with Gasteiger partial charge in [0.15, 0.2) is 11.4 Å². The molecule has 0 aromatic heterocycles. The maximum atomic E-state index is 14.0. The van der Waals surface area contributed by atoms with Crippen LogP contribution in [-0.4, -0.2) is 98.2 Å². The SMILES string of the molecule is CN(C)[C@@H]1C(O)=C(C(N)=O)C(=O)[C@@]2(O)C(O)=C3C(=O)c4c(O)ccc(C5=CCN(C(=O)OC(C)(C)C)CC5)c4C[C@H]3C[C@@H]12. The highest BCUT2D eigenvalue weighted by atomic mass is 16.6. The summed E-state index contributed by atoms with van der Waals surface area (Å²) >= 11 is 0. The maximum absolute atomic E-state index is 14.0. The van der Waals surface area contributed by atoms with Gasteiger partial charge in [-0.25, -0.2) is 4.79 Å². The molecule has 1 aromatic rings. The van der Waals surface area contributed by atoms with Gasteiger partial charge >= 0.3 is 6.09 Å². The van der Waals surface area contributed by atoms with Crippen LogP contribution in [0, 0.1) is 11.8 Å². The summed E-state index contributed by atoms with van der Waals surface area (Å²) in [5.74, 6) is -6.89. The molecule has 1 aliphatic heterocycles. The van der Waals surface area contributed by atoms with Crippen LogP contribution in [0.25, 0.3) is 5.57 Å². The number of benzene rings is 1. The summed E-state index contributed by atoms with van der Waals surface area (Å²) < 4.78 is 5.48. The first-order valence-electron chi connectivity index (χ1n) is 14.2. The lowest BCUT2D eigenvalue weighted by Crippen LogP contribution is -2.63. The van der Waals surface area contributed by atoms with E-state index in [2.05, 4.69) is 0 Å². The molecule has 0 unspecified atom stereocenters. The van der Waals surface area contributed by atoms with Gasteiger partial charge in [-0.15, -0.1) is 0 Å². The summed E-state index contributed by atoms with van der Waals surface area (Å²) in [5.41, 5.74) is 3.10. The summed E-state index contributed by atoms with van der Waals surface area (Å²) in [7, 11) is 3.17. The molecule has 230 valence electrons. The second-order valence-electron chi connectivity index (χ2n) is 12.9. The molecule has 0 saturated carbocycles. The van der Waals surface area contributed by atoms with E-state index in [0.29, 0.717) is 30.6 Å². The van der Waals surface area contributed by atoms with E-state index in [0.717, 1.165) is 5.57 Å². The van der Waals surface area contributed by atoms with E-state index in [1.807, 2.05) is 6.08 Å². The molecule has 0 saturated heterocycles. The van der Waals surface area contributed by atoms with Crippen molar-refractivity contribution in [1.29, 1.82) is 0 Å². The van der Waals surface area contributed by atoms with Crippen LogP contribution in [0.2, 0.25) is 0 Å². The number of Topliss-reactive ketones (excluding diaryl/α,β-unsaturated/α-hetero) is 2. The van der Waals surface area contributed by atoms with Gasteiger partial charge in [0, 0.05) is 24.6 Å². The lowest BCUT2D eigenvalue weighted by molar-refractivity contribution is -0.148. The predicted octanol–water partition coefficient (Wildman–Crippen LogP) is 2.14. The van der Waals surface area contributed by atoms with E-state index in [1.165, 1.54) is 11.0 Å². The van der Waals surface area contributed by atoms with Crippen molar-refractivity contribution < 1.29 is 44.3 Å². The Labute approximate surface area is 248 Å². The first kappa shape index (κ1) is 30.3. The number of amides is 2. The van der Waals surface area contributed by atoms with Crippen molar-refractivity contribution in [3.8, 4) is 5.75 Å². The molecule has 43 heavy (non-hydrogen) atoms. The Morgan fingerprint density at radius 3 is 2.37 bits per heavy atom. The van der Waals surface area contributed by atoms with Crippen molar-refractivity contribution in [1.82, 2.24) is 9.80 Å². The molecule has 4 atom stereocenters. The van der Waals surface area contributed by atoms with Gasteiger partial charge in [0.2, 0.25) is 5.78 Å². The molecule has 6 N–H and O–H groups in total. The highest BCUT2D eigenvalue weighted by molar-refractivity contribution is 6.24. The van der Waals surface area contributed by atoms with Crippen LogP contribution in [0.15, 0.2) is 40.9 Å². The molecule has 12 nitrogen and oxygen atoms in total. The van der Waals surface area contributed by atoms with Crippen molar-refractivity contribution in [3.63, 3.8) is 0 Å². The molecular weight excluding hydrogens is 558 g/mol. The molecule has 0 fully saturated rings. The molecule has 0 bridgehead atoms. The number of primary amides is 1. The number of phenols is 1. The lowest BCUT2D eigenvalue weighted by Gasteiger charge is -2.50. The Kier molecular flexibility index (Phi) is 7.21. The first-order valence-corrected chi connectivity index (χ1v) is 14.2. The molecule has 2 amide bonds. The number of aliphatic hydroxyl groups excluding tert-OH is 2. The number of aromatic hydroxyl groups is 1. The zero-order valence-electron chi connectivity index (χ0n) is 24.8. The average molecular weight is 596 g/mol. The number of carbonyl (C=O) groups is 4. The van der Waals surface area contributed by atoms with Gasteiger partial charge < -0.3 is 35.8 Å². The lowest BCUT2D eigenvalue weighted by atomic mass is 9.58. The van der Waals surface area contributed by atoms with Crippen LogP contribution in [0.3, 0.4) is 0 Å². The minimum atomic E-state index is -2.69. The first-order chi connectivity index (χ1) is 20.0. The zero-order valence-corrected chi connectivity index (χ0v) is 24.8. The Morgan fingerprint density at radius 2 is 1.81 bits per heavy atom. The number of rotatable bonds is 3. The Balaban J connectivity index is 1.57. The van der Waals surface area contributed by atoms with Gasteiger partial charge in [0.25, 0.3) is 5.91 Å². The second kappa shape index (κ2) is 10.2. The minimum Gasteiger partial charge on any atom is -0.510 e. The number of nitrogens with two attached hydrogens (primary N) is 1. The van der Waals surface area contributed by atoms with Crippen molar-refractivity contribution in [2.75, 3.05) is 27.2 Å². The molecule has 0 radical (unpaired) electrons. The van der Waals surface area contributed by atoms with Gasteiger partial charge in [-0.1, -0.05) is 12.1 Å². The van der Waals surface area contributed by atoms with Gasteiger partial charge in [0.05, 0.1) is 11.6 Å². The van der Waals surface area contributed by atoms with Crippen LogP contribution < -0.4 is 5.73 Å². The fourth-order valence-electron chi connectivity index (χ4n) is 6.96. The number of aliphatic hydroxyl groups is 3. The quantitative estimate of drug-likeness (QED) is 0.324. The number of ketones is 2. The van der Waals surface area contributed by atoms with Crippen LogP contribution in [-0.2, 0) is 20.7 Å². The normalized spacial score (nSPS) is 27.5. The molecular formula is C31H37N3O9. The largest absolute Gasteiger partial charge is 0.510 e. The Hall–Kier alpha value is -4.16. The zero-order chi connectivity index (χ0) is 31.8. The predicted molar refractivity (Wildman–Crippen MR) is 154 cm³/mol. The number of carbonyl (C=O) groups excluding carboxylic acids is 4. The number of ether oxygens (including phenoxy) is 1. The summed E-state index contributed by atoms with van der Waals surface area (Å²) in [5, 5.41) is 44.9. The third-order valence-corrected chi connectivity index (χ3v) is 8.81. The topological polar surface area (TPSA) is 191 Å². The molecule has 4 aliphatic rings. The molecule has 0 spiro atoms.